The number of fused-ring (bicyclic) bond motifs is 1. The van der Waals surface area contributed by atoms with Crippen molar-refractivity contribution < 1.29 is 31.9 Å². The minimum absolute atomic E-state index is 0.0159. The summed E-state index contributed by atoms with van der Waals surface area (Å²) in [5.41, 5.74) is 5.23. The Balaban J connectivity index is 1.63. The minimum Gasteiger partial charge on any atom is -0.494 e. The summed E-state index contributed by atoms with van der Waals surface area (Å²) in [7, 11) is 1.33. The summed E-state index contributed by atoms with van der Waals surface area (Å²) < 4.78 is 56.3. The van der Waals surface area contributed by atoms with Crippen LogP contribution in [0.1, 0.15) is 34.9 Å². The Bertz CT molecular complexity index is 1370. The van der Waals surface area contributed by atoms with Crippen molar-refractivity contribution >= 4 is 16.8 Å². The molecule has 0 unspecified atom stereocenters. The predicted octanol–water partition coefficient (Wildman–Crippen LogP) is 4.75. The molecule has 0 bridgehead atoms. The zero-order valence-electron chi connectivity index (χ0n) is 19.4. The van der Waals surface area contributed by atoms with Crippen LogP contribution in [0.2, 0.25) is 0 Å². The lowest BCUT2D eigenvalue weighted by molar-refractivity contribution is -0.140. The van der Waals surface area contributed by atoms with Crippen molar-refractivity contribution in [3.8, 4) is 23.0 Å². The molecule has 0 saturated carbocycles. The average Bonchev–Trinajstić information content (AvgIpc) is 3.31. The highest BCUT2D eigenvalue weighted by molar-refractivity contribution is 5.98. The maximum absolute atomic E-state index is 13.2. The number of nitrogens with one attached hydrogen (secondary N) is 1. The number of amides is 1. The normalized spacial score (nSPS) is 12.4. The number of nitrogens with two attached hydrogens (primary N) is 1. The van der Waals surface area contributed by atoms with Crippen LogP contribution >= 0.6 is 0 Å². The van der Waals surface area contributed by atoms with E-state index >= 15 is 0 Å². The molecule has 0 fully saturated rings. The zero-order chi connectivity index (χ0) is 25.9. The molecular weight excluding hydrogens is 477 g/mol. The third-order valence-corrected chi connectivity index (χ3v) is 5.24. The number of rotatable bonds is 8. The first-order valence-electron chi connectivity index (χ1n) is 11.0. The molecular formula is C25H23F3N4O4. The molecule has 0 aliphatic heterocycles. The van der Waals surface area contributed by atoms with Gasteiger partial charge in [0.1, 0.15) is 29.3 Å². The highest BCUT2D eigenvalue weighted by Gasteiger charge is 2.33. The van der Waals surface area contributed by atoms with Gasteiger partial charge in [0, 0.05) is 10.9 Å². The third-order valence-electron chi connectivity index (χ3n) is 5.24. The Hall–Kier alpha value is -4.12. The van der Waals surface area contributed by atoms with Crippen LogP contribution < -0.4 is 20.5 Å². The first kappa shape index (κ1) is 25.0. The van der Waals surface area contributed by atoms with Crippen LogP contribution in [0.4, 0.5) is 13.2 Å². The molecule has 4 rings (SSSR count). The average molecular weight is 500 g/mol. The van der Waals surface area contributed by atoms with Crippen molar-refractivity contribution in [2.75, 3.05) is 20.3 Å². The number of hydrogen-bond donors (Lipinski definition) is 2. The number of carbonyl (C=O) groups excluding carboxylic acids is 1. The fourth-order valence-corrected chi connectivity index (χ4v) is 3.55. The molecule has 3 N–H and O–H groups in total. The van der Waals surface area contributed by atoms with Gasteiger partial charge in [0.2, 0.25) is 5.89 Å². The molecule has 1 amide bonds. The summed E-state index contributed by atoms with van der Waals surface area (Å²) in [4.78, 5) is 20.9. The molecule has 0 spiro atoms. The number of aromatic nitrogens is 2. The molecule has 1 atom stereocenters. The number of hydrogen-bond acceptors (Lipinski definition) is 7. The Kier molecular flexibility index (Phi) is 7.11. The second-order valence-corrected chi connectivity index (χ2v) is 7.84. The van der Waals surface area contributed by atoms with Crippen molar-refractivity contribution in [3.05, 3.63) is 71.7 Å². The lowest BCUT2D eigenvalue weighted by Gasteiger charge is -2.11. The number of carbonyl (C=O) groups is 1. The van der Waals surface area contributed by atoms with Crippen molar-refractivity contribution in [1.29, 1.82) is 0 Å². The van der Waals surface area contributed by atoms with Crippen molar-refractivity contribution in [2.24, 2.45) is 5.73 Å². The number of methoxy groups -OCH3 is 1. The summed E-state index contributed by atoms with van der Waals surface area (Å²) in [6.07, 6.45) is -4.63. The van der Waals surface area contributed by atoms with Crippen molar-refractivity contribution in [3.63, 3.8) is 0 Å². The monoisotopic (exact) mass is 500 g/mol. The van der Waals surface area contributed by atoms with E-state index in [0.29, 0.717) is 16.7 Å². The highest BCUT2D eigenvalue weighted by Crippen LogP contribution is 2.37. The van der Waals surface area contributed by atoms with Crippen LogP contribution in [0.25, 0.3) is 22.4 Å². The Morgan fingerprint density at radius 1 is 1.11 bits per heavy atom. The summed E-state index contributed by atoms with van der Waals surface area (Å²) >= 11 is 0. The van der Waals surface area contributed by atoms with E-state index in [-0.39, 0.29) is 41.8 Å². The molecule has 0 aliphatic rings. The first-order valence-corrected chi connectivity index (χ1v) is 11.0. The van der Waals surface area contributed by atoms with Gasteiger partial charge in [0.05, 0.1) is 19.7 Å². The first-order chi connectivity index (χ1) is 17.2. The van der Waals surface area contributed by atoms with E-state index in [4.69, 9.17) is 19.6 Å². The number of halogens is 3. The molecule has 2 aromatic heterocycles. The van der Waals surface area contributed by atoms with Crippen LogP contribution in [0.3, 0.4) is 0 Å². The van der Waals surface area contributed by atoms with Gasteiger partial charge in [-0.3, -0.25) is 4.79 Å². The fraction of sp³-hybridized carbons (Fsp3) is 0.240. The summed E-state index contributed by atoms with van der Waals surface area (Å²) in [6.45, 7) is 2.05. The molecule has 2 aromatic carbocycles. The predicted molar refractivity (Wildman–Crippen MR) is 126 cm³/mol. The lowest BCUT2D eigenvalue weighted by atomic mass is 10.1. The van der Waals surface area contributed by atoms with E-state index in [1.54, 1.807) is 25.1 Å². The smallest absolute Gasteiger partial charge is 0.433 e. The van der Waals surface area contributed by atoms with Crippen LogP contribution in [0.15, 0.2) is 59.0 Å². The maximum Gasteiger partial charge on any atom is 0.433 e. The van der Waals surface area contributed by atoms with Crippen LogP contribution in [-0.2, 0) is 6.18 Å². The van der Waals surface area contributed by atoms with E-state index in [9.17, 15) is 18.0 Å². The van der Waals surface area contributed by atoms with Crippen LogP contribution in [0, 0.1) is 0 Å². The molecule has 36 heavy (non-hydrogen) atoms. The standard InChI is InChI=1S/C25H23F3N4O4/c1-14(29)22-21(23(33)30-12-13-35-15-6-4-3-5-7-15)32-24(36-22)17-8-10-18(34-2)20-16(17)9-11-19(31-20)25(26,27)28/h3-11,14H,12-13,29H2,1-2H3,(H,30,33)/t14-/m0/s1. The van der Waals surface area contributed by atoms with Gasteiger partial charge in [-0.1, -0.05) is 18.2 Å². The van der Waals surface area contributed by atoms with E-state index in [0.717, 1.165) is 6.07 Å². The summed E-state index contributed by atoms with van der Waals surface area (Å²) in [6, 6.07) is 13.6. The molecule has 188 valence electrons. The van der Waals surface area contributed by atoms with Gasteiger partial charge in [-0.05, 0) is 43.3 Å². The van der Waals surface area contributed by atoms with Gasteiger partial charge in [-0.2, -0.15) is 13.2 Å². The number of pyridine rings is 1. The quantitative estimate of drug-likeness (QED) is 0.336. The molecule has 8 nitrogen and oxygen atoms in total. The molecule has 0 radical (unpaired) electrons. The van der Waals surface area contributed by atoms with Gasteiger partial charge >= 0.3 is 6.18 Å². The second-order valence-electron chi connectivity index (χ2n) is 7.84. The number of alkyl halides is 3. The Labute approximate surface area is 204 Å². The molecule has 2 heterocycles. The van der Waals surface area contributed by atoms with E-state index in [2.05, 4.69) is 15.3 Å². The zero-order valence-corrected chi connectivity index (χ0v) is 19.4. The molecule has 0 saturated heterocycles. The largest absolute Gasteiger partial charge is 0.494 e. The van der Waals surface area contributed by atoms with Gasteiger partial charge in [-0.15, -0.1) is 0 Å². The SMILES string of the molecule is COc1ccc(-c2nc(C(=O)NCCOc3ccccc3)c([C@H](C)N)o2)c2ccc(C(F)(F)F)nc12. The van der Waals surface area contributed by atoms with Crippen molar-refractivity contribution in [2.45, 2.75) is 19.1 Å². The number of oxazole rings is 1. The molecule has 11 heteroatoms. The van der Waals surface area contributed by atoms with Crippen LogP contribution in [0.5, 0.6) is 11.5 Å². The van der Waals surface area contributed by atoms with Gasteiger partial charge < -0.3 is 24.9 Å². The lowest BCUT2D eigenvalue weighted by Crippen LogP contribution is -2.29. The van der Waals surface area contributed by atoms with Gasteiger partial charge in [-0.25, -0.2) is 9.97 Å². The Morgan fingerprint density at radius 2 is 1.86 bits per heavy atom. The molecule has 0 aliphatic carbocycles. The fourth-order valence-electron chi connectivity index (χ4n) is 3.55. The summed E-state index contributed by atoms with van der Waals surface area (Å²) in [5.74, 6) is 0.442. The minimum atomic E-state index is -4.63. The number of benzene rings is 2. The second kappa shape index (κ2) is 10.2. The molecule has 4 aromatic rings. The van der Waals surface area contributed by atoms with Crippen LogP contribution in [-0.4, -0.2) is 36.1 Å². The Morgan fingerprint density at radius 3 is 2.53 bits per heavy atom. The topological polar surface area (TPSA) is 112 Å². The summed E-state index contributed by atoms with van der Waals surface area (Å²) in [5, 5.41) is 3.02. The number of nitrogens with zero attached hydrogens (tertiary/aromatic N) is 2. The van der Waals surface area contributed by atoms with Gasteiger partial charge in [0.15, 0.2) is 11.5 Å². The third kappa shape index (κ3) is 5.25. The number of ether oxygens (including phenoxy) is 2. The highest BCUT2D eigenvalue weighted by atomic mass is 19.4. The van der Waals surface area contributed by atoms with E-state index in [1.165, 1.54) is 19.2 Å². The number of para-hydroxylation sites is 1. The van der Waals surface area contributed by atoms with E-state index in [1.807, 2.05) is 18.2 Å². The maximum atomic E-state index is 13.2. The van der Waals surface area contributed by atoms with E-state index < -0.39 is 23.8 Å². The van der Waals surface area contributed by atoms with Crippen molar-refractivity contribution in [1.82, 2.24) is 15.3 Å². The van der Waals surface area contributed by atoms with Gasteiger partial charge in [0.25, 0.3) is 5.91 Å².